The second-order valence-corrected chi connectivity index (χ2v) is 14.6. The van der Waals surface area contributed by atoms with E-state index in [4.69, 9.17) is 14.2 Å². The number of ether oxygens (including phenoxy) is 3. The van der Waals surface area contributed by atoms with Crippen molar-refractivity contribution in [2.45, 2.75) is 115 Å². The molecule has 0 heterocycles. The number of benzene rings is 2. The molecule has 49 heavy (non-hydrogen) atoms. The molecule has 2 aromatic carbocycles. The van der Waals surface area contributed by atoms with E-state index in [1.54, 1.807) is 11.9 Å². The van der Waals surface area contributed by atoms with Crippen molar-refractivity contribution in [2.75, 3.05) is 26.7 Å². The van der Waals surface area contributed by atoms with E-state index in [9.17, 15) is 29.7 Å². The van der Waals surface area contributed by atoms with Crippen LogP contribution in [0.4, 0.5) is 4.79 Å². The third-order valence-electron chi connectivity index (χ3n) is 8.15. The molecular weight excluding hydrogens is 630 g/mol. The van der Waals surface area contributed by atoms with Crippen LogP contribution in [-0.2, 0) is 23.8 Å². The number of amides is 2. The number of hydrogen-bond acceptors (Lipinski definition) is 9. The molecule has 0 fully saturated rings. The molecule has 0 aromatic heterocycles. The van der Waals surface area contributed by atoms with Gasteiger partial charge < -0.3 is 40.2 Å². The molecule has 0 radical (unpaired) electrons. The molecule has 0 saturated heterocycles. The lowest BCUT2D eigenvalue weighted by Gasteiger charge is -2.36. The fourth-order valence-corrected chi connectivity index (χ4v) is 5.96. The fourth-order valence-electron chi connectivity index (χ4n) is 5.96. The molecule has 3 rings (SSSR count). The zero-order valence-corrected chi connectivity index (χ0v) is 29.9. The molecule has 0 spiro atoms. The number of likely N-dealkylation sites (N-methyl/N-ethyl adjacent to an activating group) is 1. The van der Waals surface area contributed by atoms with Gasteiger partial charge in [-0.2, -0.15) is 0 Å². The molecule has 4 atom stereocenters. The van der Waals surface area contributed by atoms with Gasteiger partial charge in [-0.15, -0.1) is 0 Å². The predicted molar refractivity (Wildman–Crippen MR) is 186 cm³/mol. The largest absolute Gasteiger partial charge is 0.480 e. The summed E-state index contributed by atoms with van der Waals surface area (Å²) >= 11 is 0. The summed E-state index contributed by atoms with van der Waals surface area (Å²) in [6, 6.07) is 14.1. The Morgan fingerprint density at radius 1 is 0.857 bits per heavy atom. The summed E-state index contributed by atoms with van der Waals surface area (Å²) in [5.41, 5.74) is 3.15. The minimum absolute atomic E-state index is 0.0496. The molecule has 2 amide bonds. The number of carbonyl (C=O) groups is 3. The van der Waals surface area contributed by atoms with Gasteiger partial charge in [-0.25, -0.2) is 9.59 Å². The van der Waals surface area contributed by atoms with Crippen LogP contribution in [0.25, 0.3) is 11.1 Å². The number of alkyl carbamates (subject to hydrolysis) is 1. The Kier molecular flexibility index (Phi) is 14.6. The number of nitrogens with one attached hydrogen (secondary N) is 2. The molecule has 2 unspecified atom stereocenters. The van der Waals surface area contributed by atoms with Gasteiger partial charge in [-0.1, -0.05) is 48.5 Å². The Balaban J connectivity index is 1.42. The summed E-state index contributed by atoms with van der Waals surface area (Å²) in [5, 5.41) is 36.1. The highest BCUT2D eigenvalue weighted by molar-refractivity contribution is 5.82. The van der Waals surface area contributed by atoms with Gasteiger partial charge in [0.05, 0.1) is 17.2 Å². The van der Waals surface area contributed by atoms with Crippen molar-refractivity contribution in [3.05, 3.63) is 59.7 Å². The lowest BCUT2D eigenvalue weighted by Crippen LogP contribution is -2.49. The van der Waals surface area contributed by atoms with Crippen LogP contribution >= 0.6 is 0 Å². The first-order valence-electron chi connectivity index (χ1n) is 17.0. The first kappa shape index (κ1) is 39.9. The topological polar surface area (TPSA) is 167 Å². The number of aliphatic hydroxyl groups is 2. The maximum Gasteiger partial charge on any atom is 0.407 e. The highest BCUT2D eigenvalue weighted by atomic mass is 16.6. The molecule has 272 valence electrons. The maximum absolute atomic E-state index is 12.6. The molecular formula is C37H55N3O9. The van der Waals surface area contributed by atoms with Crippen LogP contribution in [0.2, 0.25) is 0 Å². The third kappa shape index (κ3) is 13.0. The Morgan fingerprint density at radius 2 is 1.43 bits per heavy atom. The number of rotatable bonds is 18. The zero-order chi connectivity index (χ0) is 36.4. The number of fused-ring (bicyclic) bond motifs is 3. The lowest BCUT2D eigenvalue weighted by atomic mass is 9.98. The maximum atomic E-state index is 12.6. The van der Waals surface area contributed by atoms with Crippen LogP contribution in [0.5, 0.6) is 0 Å². The van der Waals surface area contributed by atoms with Crippen LogP contribution < -0.4 is 10.6 Å². The summed E-state index contributed by atoms with van der Waals surface area (Å²) in [7, 11) is 1.78. The summed E-state index contributed by atoms with van der Waals surface area (Å²) in [6.07, 6.45) is -1.47. The van der Waals surface area contributed by atoms with E-state index < -0.39 is 47.9 Å². The number of carbonyl (C=O) groups excluding carboxylic acids is 2. The van der Waals surface area contributed by atoms with Gasteiger partial charge >= 0.3 is 12.1 Å². The Labute approximate surface area is 290 Å². The molecule has 12 heteroatoms. The number of carboxylic acids is 1. The van der Waals surface area contributed by atoms with Crippen molar-refractivity contribution < 1.29 is 43.9 Å². The second-order valence-electron chi connectivity index (χ2n) is 14.6. The van der Waals surface area contributed by atoms with Crippen molar-refractivity contribution in [3.63, 3.8) is 0 Å². The van der Waals surface area contributed by atoms with Gasteiger partial charge in [0, 0.05) is 25.4 Å². The number of unbranched alkanes of at least 4 members (excludes halogenated alkanes) is 1. The van der Waals surface area contributed by atoms with Gasteiger partial charge in [0.15, 0.2) is 12.6 Å². The van der Waals surface area contributed by atoms with Crippen molar-refractivity contribution in [1.29, 1.82) is 0 Å². The molecule has 12 nitrogen and oxygen atoms in total. The summed E-state index contributed by atoms with van der Waals surface area (Å²) < 4.78 is 16.9. The number of aliphatic carboxylic acids is 1. The fraction of sp³-hybridized carbons (Fsp3) is 0.595. The first-order chi connectivity index (χ1) is 22.9. The van der Waals surface area contributed by atoms with Crippen LogP contribution in [-0.4, -0.2) is 101 Å². The molecule has 2 aromatic rings. The van der Waals surface area contributed by atoms with Gasteiger partial charge in [0.2, 0.25) is 5.91 Å². The smallest absolute Gasteiger partial charge is 0.407 e. The van der Waals surface area contributed by atoms with Gasteiger partial charge in [-0.3, -0.25) is 9.69 Å². The Bertz CT molecular complexity index is 1340. The van der Waals surface area contributed by atoms with Crippen molar-refractivity contribution in [1.82, 2.24) is 15.5 Å². The molecule has 1 aliphatic carbocycles. The van der Waals surface area contributed by atoms with Crippen molar-refractivity contribution >= 4 is 18.0 Å². The molecule has 0 saturated carbocycles. The van der Waals surface area contributed by atoms with E-state index in [0.29, 0.717) is 25.8 Å². The highest BCUT2D eigenvalue weighted by Crippen LogP contribution is 2.44. The third-order valence-corrected chi connectivity index (χ3v) is 8.15. The number of hydrogen-bond donors (Lipinski definition) is 5. The average Bonchev–Trinajstić information content (AvgIpc) is 3.31. The van der Waals surface area contributed by atoms with Gasteiger partial charge in [-0.05, 0) is 96.5 Å². The van der Waals surface area contributed by atoms with E-state index in [-0.39, 0.29) is 37.8 Å². The van der Waals surface area contributed by atoms with E-state index in [0.717, 1.165) is 22.3 Å². The van der Waals surface area contributed by atoms with E-state index in [1.807, 2.05) is 90.1 Å². The Hall–Kier alpha value is -3.55. The summed E-state index contributed by atoms with van der Waals surface area (Å²) in [6.45, 7) is 11.7. The van der Waals surface area contributed by atoms with E-state index in [2.05, 4.69) is 10.6 Å². The minimum atomic E-state index is -1.29. The molecule has 5 N–H and O–H groups in total. The van der Waals surface area contributed by atoms with Crippen LogP contribution in [0.3, 0.4) is 0 Å². The normalized spacial score (nSPS) is 15.6. The number of aliphatic hydroxyl groups excluding tert-OH is 2. The van der Waals surface area contributed by atoms with E-state index >= 15 is 0 Å². The van der Waals surface area contributed by atoms with Crippen LogP contribution in [0.1, 0.15) is 90.7 Å². The molecule has 0 aliphatic heterocycles. The summed E-state index contributed by atoms with van der Waals surface area (Å²) in [5.74, 6) is -1.76. The molecule has 1 aliphatic rings. The average molecular weight is 686 g/mol. The standard InChI is InChI=1S/C37H55N3O9/c1-36(2,3)48-32(42)22-40(7)30(34(45)49-37(4,5)6)18-12-13-21-38-31(41)20-19-29(33(43)44)39-35(46)47-23-28-26-16-10-8-14-24(26)25-15-9-11-17-27(25)28/h8-11,14-17,28-30,32,34,42,45H,12-13,18-23H2,1-7H3,(H,38,41)(H,39,46)(H,43,44)/t29-,30-,32?,34?/m0/s1. The first-order valence-corrected chi connectivity index (χ1v) is 17.0. The van der Waals surface area contributed by atoms with Gasteiger partial charge in [0.1, 0.15) is 12.6 Å². The van der Waals surface area contributed by atoms with Crippen molar-refractivity contribution in [3.8, 4) is 11.1 Å². The lowest BCUT2D eigenvalue weighted by molar-refractivity contribution is -0.211. The predicted octanol–water partition coefficient (Wildman–Crippen LogP) is 4.61. The minimum Gasteiger partial charge on any atom is -0.480 e. The van der Waals surface area contributed by atoms with Gasteiger partial charge in [0.25, 0.3) is 0 Å². The highest BCUT2D eigenvalue weighted by Gasteiger charge is 2.31. The quantitative estimate of drug-likeness (QED) is 0.110. The van der Waals surface area contributed by atoms with Crippen LogP contribution in [0.15, 0.2) is 48.5 Å². The number of carboxylic acid groups (broad SMARTS) is 1. The molecule has 0 bridgehead atoms. The van der Waals surface area contributed by atoms with E-state index in [1.165, 1.54) is 0 Å². The number of nitrogens with zero attached hydrogens (tertiary/aromatic N) is 1. The zero-order valence-electron chi connectivity index (χ0n) is 29.9. The Morgan fingerprint density at radius 3 is 1.98 bits per heavy atom. The monoisotopic (exact) mass is 685 g/mol. The van der Waals surface area contributed by atoms with Crippen molar-refractivity contribution in [2.24, 2.45) is 0 Å². The second kappa shape index (κ2) is 17.9. The summed E-state index contributed by atoms with van der Waals surface area (Å²) in [4.78, 5) is 38.8. The van der Waals surface area contributed by atoms with Crippen LogP contribution in [0, 0.1) is 0 Å². The SMILES string of the molecule is CN(CC(O)OC(C)(C)C)[C@@H](CCCCNC(=O)CC[C@H](NC(=O)OCC1c2ccccc2-c2ccccc21)C(=O)O)C(O)OC(C)(C)C.